The van der Waals surface area contributed by atoms with Crippen molar-refractivity contribution >= 4 is 38.3 Å². The van der Waals surface area contributed by atoms with E-state index in [1.165, 1.54) is 0 Å². The standard InChI is InChI=1S/C14H18ClN3OS/c1-10(9-18-4-6-19-7-5-18)16-14-17-12-3-2-11(15)8-13(12)20-14/h2-3,8,10H,4-7,9H2,1H3,(H,16,17). The van der Waals surface area contributed by atoms with Crippen LogP contribution in [0.3, 0.4) is 0 Å². The molecule has 0 bridgehead atoms. The zero-order valence-corrected chi connectivity index (χ0v) is 13.0. The molecule has 1 unspecified atom stereocenters. The lowest BCUT2D eigenvalue weighted by Gasteiger charge is -2.29. The van der Waals surface area contributed by atoms with Crippen molar-refractivity contribution in [3.63, 3.8) is 0 Å². The molecule has 2 aromatic rings. The first kappa shape index (κ1) is 14.1. The molecule has 0 saturated carbocycles. The number of rotatable bonds is 4. The summed E-state index contributed by atoms with van der Waals surface area (Å²) in [6.45, 7) is 6.91. The number of ether oxygens (including phenoxy) is 1. The van der Waals surface area contributed by atoms with E-state index < -0.39 is 0 Å². The first-order valence-corrected chi connectivity index (χ1v) is 8.03. The Balaban J connectivity index is 1.63. The average Bonchev–Trinajstić information content (AvgIpc) is 2.80. The fourth-order valence-corrected chi connectivity index (χ4v) is 3.64. The van der Waals surface area contributed by atoms with Gasteiger partial charge in [0.1, 0.15) is 0 Å². The summed E-state index contributed by atoms with van der Waals surface area (Å²) in [5, 5.41) is 5.20. The Kier molecular flexibility index (Phi) is 4.41. The van der Waals surface area contributed by atoms with Gasteiger partial charge in [0.15, 0.2) is 5.13 Å². The highest BCUT2D eigenvalue weighted by molar-refractivity contribution is 7.22. The molecule has 1 atom stereocenters. The van der Waals surface area contributed by atoms with Gasteiger partial charge in [-0.2, -0.15) is 0 Å². The van der Waals surface area contributed by atoms with Crippen LogP contribution in [0.25, 0.3) is 10.2 Å². The molecular weight excluding hydrogens is 294 g/mol. The van der Waals surface area contributed by atoms with Gasteiger partial charge in [0.05, 0.1) is 23.4 Å². The van der Waals surface area contributed by atoms with Gasteiger partial charge in [0, 0.05) is 30.7 Å². The van der Waals surface area contributed by atoms with Crippen LogP contribution in [0, 0.1) is 0 Å². The van der Waals surface area contributed by atoms with Gasteiger partial charge in [-0.05, 0) is 25.1 Å². The Morgan fingerprint density at radius 1 is 1.45 bits per heavy atom. The molecule has 1 aromatic carbocycles. The van der Waals surface area contributed by atoms with E-state index in [2.05, 4.69) is 22.1 Å². The molecule has 0 spiro atoms. The Labute approximate surface area is 127 Å². The topological polar surface area (TPSA) is 37.4 Å². The summed E-state index contributed by atoms with van der Waals surface area (Å²) in [5.41, 5.74) is 1.00. The highest BCUT2D eigenvalue weighted by Gasteiger charge is 2.14. The van der Waals surface area contributed by atoms with Crippen molar-refractivity contribution in [2.45, 2.75) is 13.0 Å². The van der Waals surface area contributed by atoms with Crippen molar-refractivity contribution < 1.29 is 4.74 Å². The van der Waals surface area contributed by atoms with Crippen LogP contribution >= 0.6 is 22.9 Å². The van der Waals surface area contributed by atoms with Gasteiger partial charge in [0.2, 0.25) is 0 Å². The highest BCUT2D eigenvalue weighted by atomic mass is 35.5. The molecule has 1 saturated heterocycles. The minimum atomic E-state index is 0.365. The molecule has 6 heteroatoms. The molecule has 1 aromatic heterocycles. The molecule has 1 aliphatic rings. The second kappa shape index (κ2) is 6.26. The quantitative estimate of drug-likeness (QED) is 0.941. The van der Waals surface area contributed by atoms with E-state index >= 15 is 0 Å². The summed E-state index contributed by atoms with van der Waals surface area (Å²) < 4.78 is 6.49. The summed E-state index contributed by atoms with van der Waals surface area (Å²) in [7, 11) is 0. The maximum Gasteiger partial charge on any atom is 0.184 e. The van der Waals surface area contributed by atoms with E-state index in [1.54, 1.807) is 11.3 Å². The normalized spacial score (nSPS) is 18.3. The molecule has 20 heavy (non-hydrogen) atoms. The van der Waals surface area contributed by atoms with E-state index in [0.29, 0.717) is 6.04 Å². The van der Waals surface area contributed by atoms with E-state index in [0.717, 1.165) is 53.2 Å². The second-order valence-corrected chi connectivity index (χ2v) is 6.56. The van der Waals surface area contributed by atoms with Crippen molar-refractivity contribution in [1.82, 2.24) is 9.88 Å². The number of morpholine rings is 1. The molecule has 4 nitrogen and oxygen atoms in total. The zero-order valence-electron chi connectivity index (χ0n) is 11.4. The van der Waals surface area contributed by atoms with Crippen LogP contribution in [0.1, 0.15) is 6.92 Å². The number of fused-ring (bicyclic) bond motifs is 1. The van der Waals surface area contributed by atoms with Crippen molar-refractivity contribution in [3.05, 3.63) is 23.2 Å². The first-order chi connectivity index (χ1) is 9.70. The predicted octanol–water partition coefficient (Wildman–Crippen LogP) is 3.08. The number of nitrogens with zero attached hydrogens (tertiary/aromatic N) is 2. The molecule has 0 radical (unpaired) electrons. The number of nitrogens with one attached hydrogen (secondary N) is 1. The summed E-state index contributed by atoms with van der Waals surface area (Å²) in [6, 6.07) is 6.17. The van der Waals surface area contributed by atoms with Crippen LogP contribution in [0.5, 0.6) is 0 Å². The lowest BCUT2D eigenvalue weighted by Crippen LogP contribution is -2.42. The Morgan fingerprint density at radius 3 is 3.05 bits per heavy atom. The van der Waals surface area contributed by atoms with Gasteiger partial charge in [-0.15, -0.1) is 0 Å². The first-order valence-electron chi connectivity index (χ1n) is 6.83. The third kappa shape index (κ3) is 3.41. The van der Waals surface area contributed by atoms with Gasteiger partial charge in [-0.3, -0.25) is 4.90 Å². The monoisotopic (exact) mass is 311 g/mol. The molecule has 2 heterocycles. The average molecular weight is 312 g/mol. The van der Waals surface area contributed by atoms with Crippen LogP contribution in [-0.4, -0.2) is 48.8 Å². The van der Waals surface area contributed by atoms with Crippen molar-refractivity contribution in [2.75, 3.05) is 38.2 Å². The molecule has 0 amide bonds. The third-order valence-electron chi connectivity index (χ3n) is 3.36. The smallest absolute Gasteiger partial charge is 0.184 e. The summed E-state index contributed by atoms with van der Waals surface area (Å²) in [6.07, 6.45) is 0. The fourth-order valence-electron chi connectivity index (χ4n) is 2.39. The fraction of sp³-hybridized carbons (Fsp3) is 0.500. The summed E-state index contributed by atoms with van der Waals surface area (Å²) in [4.78, 5) is 7.01. The minimum Gasteiger partial charge on any atom is -0.379 e. The molecule has 1 fully saturated rings. The largest absolute Gasteiger partial charge is 0.379 e. The number of aromatic nitrogens is 1. The maximum atomic E-state index is 6.00. The summed E-state index contributed by atoms with van der Waals surface area (Å²) in [5.74, 6) is 0. The number of halogens is 1. The van der Waals surface area contributed by atoms with E-state index in [9.17, 15) is 0 Å². The number of thiazole rings is 1. The van der Waals surface area contributed by atoms with E-state index in [4.69, 9.17) is 16.3 Å². The van der Waals surface area contributed by atoms with E-state index in [-0.39, 0.29) is 0 Å². The molecule has 1 N–H and O–H groups in total. The van der Waals surface area contributed by atoms with Crippen LogP contribution in [0.15, 0.2) is 18.2 Å². The van der Waals surface area contributed by atoms with Crippen LogP contribution in [0.2, 0.25) is 5.02 Å². The highest BCUT2D eigenvalue weighted by Crippen LogP contribution is 2.28. The van der Waals surface area contributed by atoms with Gasteiger partial charge in [-0.1, -0.05) is 22.9 Å². The van der Waals surface area contributed by atoms with Crippen molar-refractivity contribution in [2.24, 2.45) is 0 Å². The second-order valence-electron chi connectivity index (χ2n) is 5.09. The van der Waals surface area contributed by atoms with E-state index in [1.807, 2.05) is 18.2 Å². The van der Waals surface area contributed by atoms with Crippen LogP contribution in [-0.2, 0) is 4.74 Å². The SMILES string of the molecule is CC(CN1CCOCC1)Nc1nc2ccc(Cl)cc2s1. The Hall–Kier alpha value is -0.880. The lowest BCUT2D eigenvalue weighted by atomic mass is 10.3. The van der Waals surface area contributed by atoms with Crippen LogP contribution < -0.4 is 5.32 Å². The molecular formula is C14H18ClN3OS. The third-order valence-corrected chi connectivity index (χ3v) is 4.54. The number of benzene rings is 1. The van der Waals surface area contributed by atoms with Gasteiger partial charge >= 0.3 is 0 Å². The zero-order chi connectivity index (χ0) is 13.9. The lowest BCUT2D eigenvalue weighted by molar-refractivity contribution is 0.0368. The Morgan fingerprint density at radius 2 is 2.25 bits per heavy atom. The number of hydrogen-bond acceptors (Lipinski definition) is 5. The molecule has 3 rings (SSSR count). The summed E-state index contributed by atoms with van der Waals surface area (Å²) >= 11 is 7.65. The maximum absolute atomic E-state index is 6.00. The van der Waals surface area contributed by atoms with Crippen molar-refractivity contribution in [1.29, 1.82) is 0 Å². The molecule has 1 aliphatic heterocycles. The number of hydrogen-bond donors (Lipinski definition) is 1. The Bertz CT molecular complexity index is 583. The van der Waals surface area contributed by atoms with Crippen LogP contribution in [0.4, 0.5) is 5.13 Å². The van der Waals surface area contributed by atoms with Gasteiger partial charge in [-0.25, -0.2) is 4.98 Å². The van der Waals surface area contributed by atoms with Gasteiger partial charge < -0.3 is 10.1 Å². The molecule has 108 valence electrons. The number of anilines is 1. The molecule has 0 aliphatic carbocycles. The minimum absolute atomic E-state index is 0.365. The predicted molar refractivity (Wildman–Crippen MR) is 85.0 cm³/mol. The van der Waals surface area contributed by atoms with Gasteiger partial charge in [0.25, 0.3) is 0 Å². The van der Waals surface area contributed by atoms with Crippen molar-refractivity contribution in [3.8, 4) is 0 Å².